The van der Waals surface area contributed by atoms with Crippen LogP contribution in [0.25, 0.3) is 11.3 Å². The van der Waals surface area contributed by atoms with Crippen molar-refractivity contribution in [1.82, 2.24) is 4.98 Å². The first kappa shape index (κ1) is 17.6. The number of carboxylic acid groups (broad SMARTS) is 1. The molecule has 2 aromatic rings. The van der Waals surface area contributed by atoms with Gasteiger partial charge in [0, 0.05) is 12.1 Å². The third kappa shape index (κ3) is 3.94. The lowest BCUT2D eigenvalue weighted by atomic mass is 10.1. The molecule has 0 amide bonds. The number of benzene rings is 1. The second-order valence-corrected chi connectivity index (χ2v) is 4.50. The maximum atomic E-state index is 14.0. The largest absolute Gasteiger partial charge is 0.484 e. The lowest BCUT2D eigenvalue weighted by Crippen LogP contribution is -2.19. The van der Waals surface area contributed by atoms with Crippen LogP contribution in [0.3, 0.4) is 0 Å². The first-order valence-corrected chi connectivity index (χ1v) is 6.17. The van der Waals surface area contributed by atoms with E-state index in [-0.39, 0.29) is 0 Å². The lowest BCUT2D eigenvalue weighted by molar-refractivity contribution is -0.153. The highest BCUT2D eigenvalue weighted by Gasteiger charge is 2.29. The van der Waals surface area contributed by atoms with Gasteiger partial charge in [0.2, 0.25) is 0 Å². The smallest absolute Gasteiger partial charge is 0.422 e. The summed E-state index contributed by atoms with van der Waals surface area (Å²) in [7, 11) is 0. The topological polar surface area (TPSA) is 59.4 Å². The van der Waals surface area contributed by atoms with E-state index >= 15 is 0 Å². The Morgan fingerprint density at radius 3 is 2.17 bits per heavy atom. The molecule has 0 bridgehead atoms. The van der Waals surface area contributed by atoms with Crippen LogP contribution >= 0.6 is 0 Å². The predicted molar refractivity (Wildman–Crippen MR) is 68.1 cm³/mol. The minimum Gasteiger partial charge on any atom is -0.484 e. The molecule has 1 aromatic carbocycles. The molecular weight excluding hydrogens is 344 g/mol. The normalized spacial score (nSPS) is 11.4. The number of hydrogen-bond acceptors (Lipinski definition) is 3. The van der Waals surface area contributed by atoms with Gasteiger partial charge >= 0.3 is 12.1 Å². The molecule has 10 heteroatoms. The van der Waals surface area contributed by atoms with E-state index in [9.17, 15) is 31.1 Å². The van der Waals surface area contributed by atoms with Gasteiger partial charge in [0.15, 0.2) is 6.61 Å². The molecule has 0 saturated carbocycles. The Labute approximate surface area is 130 Å². The van der Waals surface area contributed by atoms with Gasteiger partial charge in [0.05, 0.1) is 5.56 Å². The number of hydrogen-bond donors (Lipinski definition) is 1. The predicted octanol–water partition coefficient (Wildman–Crippen LogP) is 3.81. The summed E-state index contributed by atoms with van der Waals surface area (Å²) in [6.07, 6.45) is -4.71. The second-order valence-electron chi connectivity index (χ2n) is 4.50. The van der Waals surface area contributed by atoms with Crippen LogP contribution in [0.4, 0.5) is 26.3 Å². The summed E-state index contributed by atoms with van der Waals surface area (Å²) in [6, 6.07) is 2.27. The van der Waals surface area contributed by atoms with E-state index in [1.54, 1.807) is 0 Å². The van der Waals surface area contributed by atoms with Gasteiger partial charge in [-0.3, -0.25) is 0 Å². The summed E-state index contributed by atoms with van der Waals surface area (Å²) < 4.78 is 82.0. The third-order valence-corrected chi connectivity index (χ3v) is 2.72. The molecule has 0 aliphatic carbocycles. The van der Waals surface area contributed by atoms with E-state index < -0.39 is 58.9 Å². The maximum Gasteiger partial charge on any atom is 0.422 e. The quantitative estimate of drug-likeness (QED) is 0.851. The molecule has 2 rings (SSSR count). The molecule has 0 spiro atoms. The molecule has 1 N–H and O–H groups in total. The zero-order chi connectivity index (χ0) is 18.1. The second kappa shape index (κ2) is 6.38. The Morgan fingerprint density at radius 2 is 1.67 bits per heavy atom. The Morgan fingerprint density at radius 1 is 1.08 bits per heavy atom. The highest BCUT2D eigenvalue weighted by molar-refractivity contribution is 5.86. The fourth-order valence-corrected chi connectivity index (χ4v) is 1.76. The number of halogens is 6. The Kier molecular flexibility index (Phi) is 4.67. The van der Waals surface area contributed by atoms with Crippen molar-refractivity contribution in [2.75, 3.05) is 6.61 Å². The number of aromatic nitrogens is 1. The number of alkyl halides is 3. The van der Waals surface area contributed by atoms with Crippen LogP contribution in [-0.4, -0.2) is 28.8 Å². The highest BCUT2D eigenvalue weighted by Crippen LogP contribution is 2.31. The van der Waals surface area contributed by atoms with Crippen LogP contribution < -0.4 is 4.74 Å². The fourth-order valence-electron chi connectivity index (χ4n) is 1.76. The van der Waals surface area contributed by atoms with E-state index in [2.05, 4.69) is 9.72 Å². The average molecular weight is 351 g/mol. The third-order valence-electron chi connectivity index (χ3n) is 2.72. The molecule has 128 valence electrons. The Bertz CT molecular complexity index is 768. The van der Waals surface area contributed by atoms with Gasteiger partial charge in [0.1, 0.15) is 34.6 Å². The van der Waals surface area contributed by atoms with Crippen molar-refractivity contribution in [2.45, 2.75) is 6.18 Å². The maximum absolute atomic E-state index is 14.0. The van der Waals surface area contributed by atoms with E-state index in [1.807, 2.05) is 0 Å². The van der Waals surface area contributed by atoms with Gasteiger partial charge in [0.25, 0.3) is 0 Å². The number of rotatable bonds is 4. The summed E-state index contributed by atoms with van der Waals surface area (Å²) >= 11 is 0. The van der Waals surface area contributed by atoms with Crippen molar-refractivity contribution >= 4 is 5.97 Å². The number of aromatic carboxylic acids is 1. The zero-order valence-corrected chi connectivity index (χ0v) is 11.5. The van der Waals surface area contributed by atoms with E-state index in [1.165, 1.54) is 0 Å². The number of ether oxygens (including phenoxy) is 1. The number of carboxylic acids is 1. The van der Waals surface area contributed by atoms with Crippen molar-refractivity contribution in [3.05, 3.63) is 47.4 Å². The Balaban J connectivity index is 2.45. The molecule has 0 aliphatic rings. The van der Waals surface area contributed by atoms with Crippen LogP contribution in [0.1, 0.15) is 10.5 Å². The standard InChI is InChI=1S/C14H7F6NO3/c15-7-1-2-10(13(22)23)21-12(7)11-8(16)3-6(4-9(11)17)24-5-14(18,19)20/h1-4H,5H2,(H,22,23). The SMILES string of the molecule is O=C(O)c1ccc(F)c(-c2c(F)cc(OCC(F)(F)F)cc2F)n1. The summed E-state index contributed by atoms with van der Waals surface area (Å²) in [5, 5.41) is 8.78. The highest BCUT2D eigenvalue weighted by atomic mass is 19.4. The molecule has 0 saturated heterocycles. The number of nitrogens with zero attached hydrogens (tertiary/aromatic N) is 1. The first-order valence-electron chi connectivity index (χ1n) is 6.17. The summed E-state index contributed by atoms with van der Waals surface area (Å²) in [5.74, 6) is -6.44. The van der Waals surface area contributed by atoms with Crippen LogP contribution in [0.5, 0.6) is 5.75 Å². The van der Waals surface area contributed by atoms with Gasteiger partial charge in [-0.25, -0.2) is 22.9 Å². The minimum absolute atomic E-state index is 0.415. The van der Waals surface area contributed by atoms with Crippen molar-refractivity contribution in [3.63, 3.8) is 0 Å². The van der Waals surface area contributed by atoms with Crippen LogP contribution in [0.15, 0.2) is 24.3 Å². The van der Waals surface area contributed by atoms with Crippen LogP contribution in [-0.2, 0) is 0 Å². The Hall–Kier alpha value is -2.78. The first-order chi connectivity index (χ1) is 11.1. The number of pyridine rings is 1. The average Bonchev–Trinajstić information content (AvgIpc) is 2.45. The van der Waals surface area contributed by atoms with Crippen molar-refractivity contribution in [1.29, 1.82) is 0 Å². The van der Waals surface area contributed by atoms with Gasteiger partial charge in [-0.2, -0.15) is 13.2 Å². The molecule has 1 aromatic heterocycles. The summed E-state index contributed by atoms with van der Waals surface area (Å²) in [5.41, 5.74) is -2.61. The summed E-state index contributed by atoms with van der Waals surface area (Å²) in [4.78, 5) is 14.1. The van der Waals surface area contributed by atoms with Crippen molar-refractivity contribution in [2.24, 2.45) is 0 Å². The summed E-state index contributed by atoms with van der Waals surface area (Å²) in [6.45, 7) is -1.77. The van der Waals surface area contributed by atoms with E-state index in [4.69, 9.17) is 5.11 Å². The lowest BCUT2D eigenvalue weighted by Gasteiger charge is -2.12. The molecule has 0 unspecified atom stereocenters. The van der Waals surface area contributed by atoms with Crippen LogP contribution in [0, 0.1) is 17.5 Å². The molecule has 0 radical (unpaired) electrons. The molecule has 0 fully saturated rings. The number of carbonyl (C=O) groups is 1. The van der Waals surface area contributed by atoms with Gasteiger partial charge in [-0.1, -0.05) is 0 Å². The van der Waals surface area contributed by atoms with E-state index in [0.29, 0.717) is 18.2 Å². The molecule has 24 heavy (non-hydrogen) atoms. The van der Waals surface area contributed by atoms with Gasteiger partial charge in [-0.05, 0) is 12.1 Å². The molecule has 1 heterocycles. The molecule has 0 aliphatic heterocycles. The minimum atomic E-state index is -4.71. The zero-order valence-electron chi connectivity index (χ0n) is 11.5. The molecule has 0 atom stereocenters. The molecule has 4 nitrogen and oxygen atoms in total. The van der Waals surface area contributed by atoms with Gasteiger partial charge < -0.3 is 9.84 Å². The van der Waals surface area contributed by atoms with Crippen molar-refractivity contribution < 1.29 is 41.0 Å². The van der Waals surface area contributed by atoms with Crippen molar-refractivity contribution in [3.8, 4) is 17.0 Å². The van der Waals surface area contributed by atoms with Gasteiger partial charge in [-0.15, -0.1) is 0 Å². The van der Waals surface area contributed by atoms with Crippen LogP contribution in [0.2, 0.25) is 0 Å². The van der Waals surface area contributed by atoms with E-state index in [0.717, 1.165) is 6.07 Å². The molecular formula is C14H7F6NO3. The monoisotopic (exact) mass is 351 g/mol. The fraction of sp³-hybridized carbons (Fsp3) is 0.143.